The zero-order valence-corrected chi connectivity index (χ0v) is 15.8. The highest BCUT2D eigenvalue weighted by Gasteiger charge is 2.62. The molecule has 2 aliphatic carbocycles. The molecule has 0 heterocycles. The Morgan fingerprint density at radius 3 is 2.58 bits per heavy atom. The Bertz CT molecular complexity index is 793. The Morgan fingerprint density at radius 2 is 1.85 bits per heavy atom. The fourth-order valence-electron chi connectivity index (χ4n) is 5.12. The van der Waals surface area contributed by atoms with Crippen LogP contribution in [0.5, 0.6) is 0 Å². The third-order valence-electron chi connectivity index (χ3n) is 6.30. The summed E-state index contributed by atoms with van der Waals surface area (Å²) in [6.07, 6.45) is 10.8. The van der Waals surface area contributed by atoms with Crippen LogP contribution >= 0.6 is 11.6 Å². The summed E-state index contributed by atoms with van der Waals surface area (Å²) in [5.41, 5.74) is 2.46. The second kappa shape index (κ2) is 7.40. The molecule has 2 heteroatoms. The molecule has 26 heavy (non-hydrogen) atoms. The summed E-state index contributed by atoms with van der Waals surface area (Å²) >= 11 is 5.92. The van der Waals surface area contributed by atoms with Gasteiger partial charge in [-0.15, -0.1) is 0 Å². The van der Waals surface area contributed by atoms with Crippen LogP contribution in [0.15, 0.2) is 60.7 Å². The summed E-state index contributed by atoms with van der Waals surface area (Å²) in [5, 5.41) is 0.767. The number of carbonyl (C=O) groups excluding carboxylic acids is 1. The minimum Gasteiger partial charge on any atom is -0.299 e. The normalized spacial score (nSPS) is 27.5. The van der Waals surface area contributed by atoms with Crippen molar-refractivity contribution < 1.29 is 4.79 Å². The van der Waals surface area contributed by atoms with Crippen molar-refractivity contribution in [3.05, 3.63) is 76.8 Å². The summed E-state index contributed by atoms with van der Waals surface area (Å²) < 4.78 is 0. The number of ketones is 1. The second-order valence-electron chi connectivity index (χ2n) is 7.75. The van der Waals surface area contributed by atoms with Crippen molar-refractivity contribution >= 4 is 23.5 Å². The van der Waals surface area contributed by atoms with Gasteiger partial charge in [0.1, 0.15) is 5.78 Å². The van der Waals surface area contributed by atoms with Gasteiger partial charge in [0, 0.05) is 22.3 Å². The second-order valence-corrected chi connectivity index (χ2v) is 8.19. The molecular formula is C24H25ClO. The van der Waals surface area contributed by atoms with Gasteiger partial charge in [0.15, 0.2) is 0 Å². The first-order valence-electron chi connectivity index (χ1n) is 9.72. The van der Waals surface area contributed by atoms with Crippen molar-refractivity contribution in [3.8, 4) is 0 Å². The molecule has 1 nitrogen and oxygen atoms in total. The van der Waals surface area contributed by atoms with Gasteiger partial charge in [0.25, 0.3) is 0 Å². The van der Waals surface area contributed by atoms with E-state index in [2.05, 4.69) is 42.5 Å². The Labute approximate surface area is 161 Å². The number of carbonyl (C=O) groups is 1. The number of rotatable bonds is 6. The molecule has 134 valence electrons. The van der Waals surface area contributed by atoms with Crippen LogP contribution in [-0.2, 0) is 4.79 Å². The lowest BCUT2D eigenvalue weighted by Crippen LogP contribution is -2.58. The van der Waals surface area contributed by atoms with E-state index in [9.17, 15) is 4.79 Å². The molecule has 4 rings (SSSR count). The number of hydrogen-bond donors (Lipinski definition) is 0. The molecule has 2 bridgehead atoms. The van der Waals surface area contributed by atoms with Gasteiger partial charge in [-0.05, 0) is 55.4 Å². The summed E-state index contributed by atoms with van der Waals surface area (Å²) in [7, 11) is 0. The van der Waals surface area contributed by atoms with Gasteiger partial charge in [-0.3, -0.25) is 4.79 Å². The molecule has 0 aliphatic heterocycles. The van der Waals surface area contributed by atoms with Crippen LogP contribution in [0.1, 0.15) is 55.6 Å². The Hall–Kier alpha value is -1.86. The molecule has 0 saturated heterocycles. The van der Waals surface area contributed by atoms with Crippen molar-refractivity contribution in [2.75, 3.05) is 0 Å². The van der Waals surface area contributed by atoms with E-state index in [4.69, 9.17) is 11.6 Å². The number of Topliss-reactive ketones (excluding diaryl/α,β-unsaturated/α-hetero) is 1. The number of allylic oxidation sites excluding steroid dienone is 1. The highest BCUT2D eigenvalue weighted by Crippen LogP contribution is 2.64. The van der Waals surface area contributed by atoms with E-state index in [1.165, 1.54) is 17.5 Å². The predicted octanol–water partition coefficient (Wildman–Crippen LogP) is 6.68. The molecule has 0 spiro atoms. The molecule has 0 aromatic heterocycles. The van der Waals surface area contributed by atoms with Crippen molar-refractivity contribution in [2.45, 2.75) is 44.4 Å². The minimum absolute atomic E-state index is 0.0849. The predicted molar refractivity (Wildman–Crippen MR) is 108 cm³/mol. The van der Waals surface area contributed by atoms with Crippen LogP contribution in [0.2, 0.25) is 5.02 Å². The average Bonchev–Trinajstić information content (AvgIpc) is 2.69. The molecule has 2 fully saturated rings. The summed E-state index contributed by atoms with van der Waals surface area (Å²) in [6, 6.07) is 18.6. The maximum Gasteiger partial charge on any atom is 0.143 e. The fourth-order valence-corrected chi connectivity index (χ4v) is 5.25. The molecule has 0 unspecified atom stereocenters. The zero-order chi connectivity index (χ0) is 18.0. The number of unbranched alkanes of at least 4 members (excludes halogenated alkanes) is 1. The third kappa shape index (κ3) is 3.14. The standard InChI is InChI=1S/C24H25ClO/c25-20-14-12-18(13-15-20)8-3-2-6-16-24-17-7-11-21(23(24)26)22(24)19-9-4-1-5-10-19/h1,3-5,8-10,12-15,21-22H,2,6-7,11,16-17H2/b8-3+/t21-,22-,24+/m0/s1. The molecule has 2 aromatic rings. The van der Waals surface area contributed by atoms with E-state index in [1.54, 1.807) is 0 Å². The van der Waals surface area contributed by atoms with Crippen LogP contribution < -0.4 is 0 Å². The van der Waals surface area contributed by atoms with Gasteiger partial charge in [-0.1, -0.05) is 72.6 Å². The Kier molecular flexibility index (Phi) is 5.00. The molecule has 0 N–H and O–H groups in total. The first-order valence-corrected chi connectivity index (χ1v) is 10.1. The number of benzene rings is 2. The van der Waals surface area contributed by atoms with E-state index in [-0.39, 0.29) is 11.3 Å². The summed E-state index contributed by atoms with van der Waals surface area (Å²) in [4.78, 5) is 12.8. The molecule has 2 aromatic carbocycles. The largest absolute Gasteiger partial charge is 0.299 e. The Balaban J connectivity index is 1.39. The number of halogens is 1. The molecule has 3 atom stereocenters. The zero-order valence-electron chi connectivity index (χ0n) is 15.0. The van der Waals surface area contributed by atoms with Crippen molar-refractivity contribution in [3.63, 3.8) is 0 Å². The van der Waals surface area contributed by atoms with E-state index in [0.717, 1.165) is 37.1 Å². The Morgan fingerprint density at radius 1 is 1.08 bits per heavy atom. The van der Waals surface area contributed by atoms with Gasteiger partial charge in [-0.2, -0.15) is 0 Å². The van der Waals surface area contributed by atoms with Gasteiger partial charge in [0.05, 0.1) is 0 Å². The third-order valence-corrected chi connectivity index (χ3v) is 6.55. The number of hydrogen-bond acceptors (Lipinski definition) is 1. The van der Waals surface area contributed by atoms with Crippen LogP contribution in [0, 0.1) is 11.3 Å². The molecule has 0 radical (unpaired) electrons. The van der Waals surface area contributed by atoms with Crippen molar-refractivity contribution in [1.82, 2.24) is 0 Å². The molecule has 0 amide bonds. The average molecular weight is 365 g/mol. The van der Waals surface area contributed by atoms with Crippen LogP contribution in [0.25, 0.3) is 6.08 Å². The van der Waals surface area contributed by atoms with Gasteiger partial charge in [-0.25, -0.2) is 0 Å². The monoisotopic (exact) mass is 364 g/mol. The lowest BCUT2D eigenvalue weighted by molar-refractivity contribution is -0.158. The smallest absolute Gasteiger partial charge is 0.143 e. The van der Waals surface area contributed by atoms with E-state index >= 15 is 0 Å². The molecule has 2 aliphatic rings. The maximum atomic E-state index is 12.8. The SMILES string of the molecule is O=C1[C@H]2CCC[C@]1(CCC/C=C/c1ccc(Cl)cc1)[C@H]2c1ccccc1. The van der Waals surface area contributed by atoms with Crippen LogP contribution in [0.4, 0.5) is 0 Å². The van der Waals surface area contributed by atoms with E-state index < -0.39 is 0 Å². The van der Waals surface area contributed by atoms with E-state index in [1.807, 2.05) is 24.3 Å². The van der Waals surface area contributed by atoms with Gasteiger partial charge < -0.3 is 0 Å². The fraction of sp³-hybridized carbons (Fsp3) is 0.375. The lowest BCUT2D eigenvalue weighted by atomic mass is 9.43. The highest BCUT2D eigenvalue weighted by atomic mass is 35.5. The molecule has 2 saturated carbocycles. The first kappa shape index (κ1) is 17.5. The van der Waals surface area contributed by atoms with E-state index in [0.29, 0.717) is 11.7 Å². The van der Waals surface area contributed by atoms with Crippen LogP contribution in [-0.4, -0.2) is 5.78 Å². The maximum absolute atomic E-state index is 12.8. The number of fused-ring (bicyclic) bond motifs is 2. The van der Waals surface area contributed by atoms with Gasteiger partial charge in [0.2, 0.25) is 0 Å². The van der Waals surface area contributed by atoms with Gasteiger partial charge >= 0.3 is 0 Å². The molecular weight excluding hydrogens is 340 g/mol. The lowest BCUT2D eigenvalue weighted by Gasteiger charge is -2.58. The van der Waals surface area contributed by atoms with Crippen molar-refractivity contribution in [1.29, 1.82) is 0 Å². The summed E-state index contributed by atoms with van der Waals surface area (Å²) in [5.74, 6) is 1.26. The summed E-state index contributed by atoms with van der Waals surface area (Å²) in [6.45, 7) is 0. The minimum atomic E-state index is -0.0849. The topological polar surface area (TPSA) is 17.1 Å². The highest BCUT2D eigenvalue weighted by molar-refractivity contribution is 6.30. The first-order chi connectivity index (χ1) is 12.7. The quantitative estimate of drug-likeness (QED) is 0.522. The van der Waals surface area contributed by atoms with Crippen molar-refractivity contribution in [2.24, 2.45) is 11.3 Å². The van der Waals surface area contributed by atoms with Crippen LogP contribution in [0.3, 0.4) is 0 Å².